The molecule has 1 fully saturated rings. The zero-order valence-corrected chi connectivity index (χ0v) is 17.4. The van der Waals surface area contributed by atoms with Gasteiger partial charge in [-0.05, 0) is 43.4 Å². The third kappa shape index (κ3) is 4.37. The van der Waals surface area contributed by atoms with Crippen LogP contribution in [0.1, 0.15) is 43.0 Å². The SMILES string of the molecule is Cn1nc(C2CCCN(C(=O)CCCc3ccccc3)C2)n(-c2ccccc2)c1=O. The minimum atomic E-state index is -0.150. The van der Waals surface area contributed by atoms with E-state index in [1.165, 1.54) is 10.2 Å². The van der Waals surface area contributed by atoms with Gasteiger partial charge in [-0.15, -0.1) is 0 Å². The van der Waals surface area contributed by atoms with Crippen LogP contribution in [0.25, 0.3) is 5.69 Å². The first-order valence-corrected chi connectivity index (χ1v) is 10.7. The first-order chi connectivity index (χ1) is 14.6. The predicted octanol–water partition coefficient (Wildman–Crippen LogP) is 3.30. The Hall–Kier alpha value is -3.15. The van der Waals surface area contributed by atoms with Crippen LogP contribution in [0.3, 0.4) is 0 Å². The molecule has 1 aliphatic rings. The van der Waals surface area contributed by atoms with E-state index < -0.39 is 0 Å². The minimum absolute atomic E-state index is 0.0610. The van der Waals surface area contributed by atoms with Crippen molar-refractivity contribution in [3.8, 4) is 5.69 Å². The molecule has 1 amide bonds. The minimum Gasteiger partial charge on any atom is -0.342 e. The van der Waals surface area contributed by atoms with Crippen LogP contribution >= 0.6 is 0 Å². The fourth-order valence-electron chi connectivity index (χ4n) is 4.23. The highest BCUT2D eigenvalue weighted by molar-refractivity contribution is 5.76. The van der Waals surface area contributed by atoms with Crippen molar-refractivity contribution in [2.45, 2.75) is 38.0 Å². The molecule has 3 aromatic rings. The summed E-state index contributed by atoms with van der Waals surface area (Å²) in [6.07, 6.45) is 4.17. The predicted molar refractivity (Wildman–Crippen MR) is 117 cm³/mol. The molecule has 0 saturated carbocycles. The molecule has 0 spiro atoms. The number of amides is 1. The number of para-hydroxylation sites is 1. The van der Waals surface area contributed by atoms with Gasteiger partial charge in [0.05, 0.1) is 5.69 Å². The molecular weight excluding hydrogens is 376 g/mol. The monoisotopic (exact) mass is 404 g/mol. The Morgan fingerprint density at radius 1 is 1.07 bits per heavy atom. The number of rotatable bonds is 6. The van der Waals surface area contributed by atoms with Gasteiger partial charge in [-0.25, -0.2) is 14.0 Å². The third-order valence-corrected chi connectivity index (χ3v) is 5.80. The Kier molecular flexibility index (Phi) is 6.12. The molecule has 2 heterocycles. The molecule has 6 heteroatoms. The van der Waals surface area contributed by atoms with Crippen molar-refractivity contribution in [3.05, 3.63) is 82.5 Å². The van der Waals surface area contributed by atoms with Crippen molar-refractivity contribution in [2.24, 2.45) is 7.05 Å². The number of aromatic nitrogens is 3. The molecule has 30 heavy (non-hydrogen) atoms. The molecule has 0 bridgehead atoms. The Morgan fingerprint density at radius 3 is 2.50 bits per heavy atom. The lowest BCUT2D eigenvalue weighted by molar-refractivity contribution is -0.132. The molecule has 4 rings (SSSR count). The normalized spacial score (nSPS) is 16.6. The number of piperidine rings is 1. The zero-order chi connectivity index (χ0) is 20.9. The molecular formula is C24H28N4O2. The molecule has 1 atom stereocenters. The van der Waals surface area contributed by atoms with Crippen LogP contribution in [0.4, 0.5) is 0 Å². The number of hydrogen-bond acceptors (Lipinski definition) is 3. The average Bonchev–Trinajstić information content (AvgIpc) is 3.09. The Morgan fingerprint density at radius 2 is 1.77 bits per heavy atom. The number of likely N-dealkylation sites (tertiary alicyclic amines) is 1. The van der Waals surface area contributed by atoms with E-state index in [2.05, 4.69) is 17.2 Å². The molecule has 6 nitrogen and oxygen atoms in total. The van der Waals surface area contributed by atoms with Crippen molar-refractivity contribution in [3.63, 3.8) is 0 Å². The molecule has 2 aromatic carbocycles. The van der Waals surface area contributed by atoms with Crippen molar-refractivity contribution in [1.82, 2.24) is 19.2 Å². The van der Waals surface area contributed by atoms with E-state index in [4.69, 9.17) is 0 Å². The lowest BCUT2D eigenvalue weighted by Gasteiger charge is -2.32. The van der Waals surface area contributed by atoms with Gasteiger partial charge in [-0.2, -0.15) is 5.10 Å². The fraction of sp³-hybridized carbons (Fsp3) is 0.375. The second-order valence-corrected chi connectivity index (χ2v) is 7.95. The van der Waals surface area contributed by atoms with Gasteiger partial charge in [0.1, 0.15) is 5.82 Å². The van der Waals surface area contributed by atoms with Crippen LogP contribution in [0.5, 0.6) is 0 Å². The van der Waals surface area contributed by atoms with Crippen LogP contribution in [0, 0.1) is 0 Å². The first-order valence-electron chi connectivity index (χ1n) is 10.7. The van der Waals surface area contributed by atoms with E-state index in [1.54, 1.807) is 11.6 Å². The second kappa shape index (κ2) is 9.11. The Bertz CT molecular complexity index is 1040. The zero-order valence-electron chi connectivity index (χ0n) is 17.4. The van der Waals surface area contributed by atoms with Gasteiger partial charge in [0, 0.05) is 32.5 Å². The van der Waals surface area contributed by atoms with E-state index in [9.17, 15) is 9.59 Å². The third-order valence-electron chi connectivity index (χ3n) is 5.80. The number of carbonyl (C=O) groups excluding carboxylic acids is 1. The molecule has 1 saturated heterocycles. The Labute approximate surface area is 176 Å². The summed E-state index contributed by atoms with van der Waals surface area (Å²) >= 11 is 0. The molecule has 1 aromatic heterocycles. The van der Waals surface area contributed by atoms with Crippen molar-refractivity contribution < 1.29 is 4.79 Å². The van der Waals surface area contributed by atoms with Crippen LogP contribution in [-0.4, -0.2) is 38.2 Å². The summed E-state index contributed by atoms with van der Waals surface area (Å²) in [7, 11) is 1.68. The lowest BCUT2D eigenvalue weighted by Crippen LogP contribution is -2.40. The van der Waals surface area contributed by atoms with Gasteiger partial charge in [-0.3, -0.25) is 4.79 Å². The lowest BCUT2D eigenvalue weighted by atomic mass is 9.96. The standard InChI is InChI=1S/C24H28N4O2/c1-26-24(30)28(21-14-6-3-7-15-21)23(25-26)20-13-9-17-27(18-20)22(29)16-8-12-19-10-4-2-5-11-19/h2-7,10-11,14-15,20H,8-9,12-13,16-18H2,1H3. The van der Waals surface area contributed by atoms with Crippen LogP contribution in [-0.2, 0) is 18.3 Å². The van der Waals surface area contributed by atoms with Crippen molar-refractivity contribution >= 4 is 5.91 Å². The summed E-state index contributed by atoms with van der Waals surface area (Å²) < 4.78 is 3.08. The molecule has 156 valence electrons. The van der Waals surface area contributed by atoms with E-state index in [-0.39, 0.29) is 17.5 Å². The molecule has 0 N–H and O–H groups in total. The highest BCUT2D eigenvalue weighted by Gasteiger charge is 2.29. The summed E-state index contributed by atoms with van der Waals surface area (Å²) in [5, 5.41) is 4.53. The van der Waals surface area contributed by atoms with Crippen molar-refractivity contribution in [2.75, 3.05) is 13.1 Å². The second-order valence-electron chi connectivity index (χ2n) is 7.95. The van der Waals surface area contributed by atoms with Crippen molar-refractivity contribution in [1.29, 1.82) is 0 Å². The van der Waals surface area contributed by atoms with Gasteiger partial charge in [0.25, 0.3) is 0 Å². The average molecular weight is 405 g/mol. The maximum Gasteiger partial charge on any atom is 0.350 e. The van der Waals surface area contributed by atoms with Crippen LogP contribution in [0.2, 0.25) is 0 Å². The molecule has 0 aliphatic carbocycles. The number of aryl methyl sites for hydroxylation is 2. The quantitative estimate of drug-likeness (QED) is 0.633. The topological polar surface area (TPSA) is 60.1 Å². The van der Waals surface area contributed by atoms with E-state index in [1.807, 2.05) is 53.4 Å². The maximum atomic E-state index is 12.8. The summed E-state index contributed by atoms with van der Waals surface area (Å²) in [6.45, 7) is 1.40. The van der Waals surface area contributed by atoms with Gasteiger partial charge in [0.15, 0.2) is 0 Å². The van der Waals surface area contributed by atoms with E-state index in [0.29, 0.717) is 13.0 Å². The number of nitrogens with zero attached hydrogens (tertiary/aromatic N) is 4. The van der Waals surface area contributed by atoms with Crippen LogP contribution < -0.4 is 5.69 Å². The highest BCUT2D eigenvalue weighted by Crippen LogP contribution is 2.27. The Balaban J connectivity index is 1.45. The smallest absolute Gasteiger partial charge is 0.342 e. The van der Waals surface area contributed by atoms with E-state index in [0.717, 1.165) is 43.7 Å². The van der Waals surface area contributed by atoms with Gasteiger partial charge < -0.3 is 4.90 Å². The number of benzene rings is 2. The molecule has 0 radical (unpaired) electrons. The van der Waals surface area contributed by atoms with E-state index >= 15 is 0 Å². The fourth-order valence-corrected chi connectivity index (χ4v) is 4.23. The summed E-state index contributed by atoms with van der Waals surface area (Å²) in [5.74, 6) is 1.00. The van der Waals surface area contributed by atoms with Gasteiger partial charge >= 0.3 is 5.69 Å². The van der Waals surface area contributed by atoms with Crippen LogP contribution in [0.15, 0.2) is 65.5 Å². The molecule has 1 unspecified atom stereocenters. The van der Waals surface area contributed by atoms with Gasteiger partial charge in [-0.1, -0.05) is 48.5 Å². The largest absolute Gasteiger partial charge is 0.350 e. The molecule has 1 aliphatic heterocycles. The first kappa shape index (κ1) is 20.1. The summed E-state index contributed by atoms with van der Waals surface area (Å²) in [6, 6.07) is 19.9. The number of hydrogen-bond donors (Lipinski definition) is 0. The maximum absolute atomic E-state index is 12.8. The summed E-state index contributed by atoms with van der Waals surface area (Å²) in [4.78, 5) is 27.5. The highest BCUT2D eigenvalue weighted by atomic mass is 16.2. The number of carbonyl (C=O) groups is 1. The van der Waals surface area contributed by atoms with Gasteiger partial charge in [0.2, 0.25) is 5.91 Å². The summed E-state index contributed by atoms with van der Waals surface area (Å²) in [5.41, 5.74) is 1.93.